The van der Waals surface area contributed by atoms with Crippen molar-refractivity contribution in [3.05, 3.63) is 48.1 Å². The Labute approximate surface area is 80.3 Å². The molecule has 0 spiro atoms. The van der Waals surface area contributed by atoms with Gasteiger partial charge in [-0.2, -0.15) is 0 Å². The fraction of sp³-hybridized carbons (Fsp3) is 0.385. The largest absolute Gasteiger partial charge is 0.0805 e. The lowest BCUT2D eigenvalue weighted by molar-refractivity contribution is 0.387. The van der Waals surface area contributed by atoms with Crippen molar-refractivity contribution in [2.24, 2.45) is 11.3 Å². The van der Waals surface area contributed by atoms with E-state index in [-0.39, 0.29) is 5.41 Å². The normalized spacial score (nSPS) is 36.8. The molecule has 2 rings (SSSR count). The minimum Gasteiger partial charge on any atom is -0.0805 e. The maximum Gasteiger partial charge on any atom is 0.0132 e. The van der Waals surface area contributed by atoms with Crippen LogP contribution in [0.2, 0.25) is 0 Å². The molecule has 13 heavy (non-hydrogen) atoms. The van der Waals surface area contributed by atoms with Crippen LogP contribution in [0.15, 0.2) is 48.1 Å². The van der Waals surface area contributed by atoms with Gasteiger partial charge in [-0.3, -0.25) is 0 Å². The molecule has 2 unspecified atom stereocenters. The van der Waals surface area contributed by atoms with Crippen LogP contribution in [0.1, 0.15) is 20.3 Å². The molecule has 2 aliphatic rings. The van der Waals surface area contributed by atoms with Crippen LogP contribution < -0.4 is 0 Å². The maximum absolute atomic E-state index is 2.33. The van der Waals surface area contributed by atoms with Gasteiger partial charge in [0.1, 0.15) is 0 Å². The molecule has 0 nitrogen and oxygen atoms in total. The van der Waals surface area contributed by atoms with Crippen LogP contribution in [0.25, 0.3) is 0 Å². The number of hydrogen-bond acceptors (Lipinski definition) is 0. The predicted molar refractivity (Wildman–Crippen MR) is 57.4 cm³/mol. The zero-order valence-electron chi connectivity index (χ0n) is 8.33. The Hall–Kier alpha value is -1.04. The highest BCUT2D eigenvalue weighted by molar-refractivity contribution is 5.36. The van der Waals surface area contributed by atoms with Crippen LogP contribution in [-0.2, 0) is 0 Å². The van der Waals surface area contributed by atoms with E-state index < -0.39 is 0 Å². The van der Waals surface area contributed by atoms with E-state index in [1.165, 1.54) is 0 Å². The minimum atomic E-state index is 0.248. The summed E-state index contributed by atoms with van der Waals surface area (Å²) in [7, 11) is 0. The number of allylic oxidation sites excluding steroid dienone is 8. The van der Waals surface area contributed by atoms with Gasteiger partial charge in [0.05, 0.1) is 0 Å². The number of rotatable bonds is 1. The van der Waals surface area contributed by atoms with Crippen LogP contribution >= 0.6 is 0 Å². The van der Waals surface area contributed by atoms with Crippen molar-refractivity contribution in [2.45, 2.75) is 20.3 Å². The molecular formula is C13H16. The van der Waals surface area contributed by atoms with Gasteiger partial charge in [0.25, 0.3) is 0 Å². The van der Waals surface area contributed by atoms with E-state index in [1.807, 2.05) is 0 Å². The molecule has 68 valence electrons. The molecule has 0 N–H and O–H groups in total. The van der Waals surface area contributed by atoms with Crippen LogP contribution in [0, 0.1) is 11.3 Å². The summed E-state index contributed by atoms with van der Waals surface area (Å²) < 4.78 is 0. The van der Waals surface area contributed by atoms with E-state index in [4.69, 9.17) is 0 Å². The summed E-state index contributed by atoms with van der Waals surface area (Å²) >= 11 is 0. The number of hydrogen-bond donors (Lipinski definition) is 0. The van der Waals surface area contributed by atoms with Crippen LogP contribution in [-0.4, -0.2) is 0 Å². The van der Waals surface area contributed by atoms with Gasteiger partial charge in [0.15, 0.2) is 0 Å². The van der Waals surface area contributed by atoms with Crippen molar-refractivity contribution < 1.29 is 0 Å². The third kappa shape index (κ3) is 1.31. The van der Waals surface area contributed by atoms with Crippen molar-refractivity contribution in [3.8, 4) is 0 Å². The monoisotopic (exact) mass is 172 g/mol. The van der Waals surface area contributed by atoms with E-state index in [9.17, 15) is 0 Å². The van der Waals surface area contributed by atoms with E-state index in [1.54, 1.807) is 5.57 Å². The SMILES string of the molecule is CC1C=CC=CC1(C)C1=CC=CC1. The average Bonchev–Trinajstić information content (AvgIpc) is 2.63. The van der Waals surface area contributed by atoms with Crippen LogP contribution in [0.4, 0.5) is 0 Å². The van der Waals surface area contributed by atoms with Crippen LogP contribution in [0.3, 0.4) is 0 Å². The molecule has 0 aromatic rings. The average molecular weight is 172 g/mol. The lowest BCUT2D eigenvalue weighted by atomic mass is 9.70. The van der Waals surface area contributed by atoms with Crippen LogP contribution in [0.5, 0.6) is 0 Å². The Morgan fingerprint density at radius 2 is 2.15 bits per heavy atom. The zero-order chi connectivity index (χ0) is 9.31. The molecule has 2 atom stereocenters. The lowest BCUT2D eigenvalue weighted by Gasteiger charge is -2.34. The Bertz CT molecular complexity index is 315. The summed E-state index contributed by atoms with van der Waals surface area (Å²) in [5.41, 5.74) is 1.79. The van der Waals surface area contributed by atoms with Crippen molar-refractivity contribution >= 4 is 0 Å². The molecule has 0 aromatic carbocycles. The predicted octanol–water partition coefficient (Wildman–Crippen LogP) is 3.64. The zero-order valence-corrected chi connectivity index (χ0v) is 8.33. The first-order chi connectivity index (χ1) is 6.23. The Morgan fingerprint density at radius 3 is 2.77 bits per heavy atom. The van der Waals surface area contributed by atoms with Crippen molar-refractivity contribution in [1.82, 2.24) is 0 Å². The second kappa shape index (κ2) is 3.02. The highest BCUT2D eigenvalue weighted by Crippen LogP contribution is 2.42. The molecule has 0 aromatic heterocycles. The van der Waals surface area contributed by atoms with Crippen molar-refractivity contribution in [1.29, 1.82) is 0 Å². The molecule has 0 radical (unpaired) electrons. The molecule has 2 aliphatic carbocycles. The fourth-order valence-corrected chi connectivity index (χ4v) is 2.08. The molecule has 0 amide bonds. The van der Waals surface area contributed by atoms with Gasteiger partial charge < -0.3 is 0 Å². The van der Waals surface area contributed by atoms with Gasteiger partial charge >= 0.3 is 0 Å². The second-order valence-corrected chi connectivity index (χ2v) is 4.14. The van der Waals surface area contributed by atoms with E-state index >= 15 is 0 Å². The standard InChI is InChI=1S/C13H16/c1-11-7-5-6-10-13(11,2)12-8-3-4-9-12/h3-8,10-11H,9H2,1-2H3. The van der Waals surface area contributed by atoms with E-state index in [0.29, 0.717) is 5.92 Å². The first-order valence-corrected chi connectivity index (χ1v) is 4.96. The Morgan fingerprint density at radius 1 is 1.31 bits per heavy atom. The molecule has 0 bridgehead atoms. The van der Waals surface area contributed by atoms with E-state index in [0.717, 1.165) is 6.42 Å². The maximum atomic E-state index is 2.33. The first kappa shape index (κ1) is 8.55. The summed E-state index contributed by atoms with van der Waals surface area (Å²) in [5.74, 6) is 0.614. The molecule has 0 saturated heterocycles. The Kier molecular flexibility index (Phi) is 1.99. The minimum absolute atomic E-state index is 0.248. The molecule has 0 aliphatic heterocycles. The van der Waals surface area contributed by atoms with Crippen molar-refractivity contribution in [2.75, 3.05) is 0 Å². The second-order valence-electron chi connectivity index (χ2n) is 4.14. The summed E-state index contributed by atoms with van der Waals surface area (Å²) in [5, 5.41) is 0. The first-order valence-electron chi connectivity index (χ1n) is 4.96. The van der Waals surface area contributed by atoms with E-state index in [2.05, 4.69) is 56.4 Å². The van der Waals surface area contributed by atoms with Gasteiger partial charge in [0.2, 0.25) is 0 Å². The Balaban J connectivity index is 2.29. The molecule has 0 heterocycles. The fourth-order valence-electron chi connectivity index (χ4n) is 2.08. The smallest absolute Gasteiger partial charge is 0.0132 e. The molecular weight excluding hydrogens is 156 g/mol. The summed E-state index contributed by atoms with van der Waals surface area (Å²) in [6.45, 7) is 4.62. The highest BCUT2D eigenvalue weighted by Gasteiger charge is 2.31. The summed E-state index contributed by atoms with van der Waals surface area (Å²) in [6, 6.07) is 0. The highest BCUT2D eigenvalue weighted by atomic mass is 14.4. The van der Waals surface area contributed by atoms with Crippen molar-refractivity contribution in [3.63, 3.8) is 0 Å². The summed E-state index contributed by atoms with van der Waals surface area (Å²) in [4.78, 5) is 0. The third-order valence-corrected chi connectivity index (χ3v) is 3.36. The topological polar surface area (TPSA) is 0 Å². The quantitative estimate of drug-likeness (QED) is 0.566. The van der Waals surface area contributed by atoms with Gasteiger partial charge in [-0.15, -0.1) is 0 Å². The molecule has 0 heteroatoms. The third-order valence-electron chi connectivity index (χ3n) is 3.36. The lowest BCUT2D eigenvalue weighted by Crippen LogP contribution is -2.25. The summed E-state index contributed by atoms with van der Waals surface area (Å²) in [6.07, 6.45) is 16.7. The van der Waals surface area contributed by atoms with Gasteiger partial charge in [-0.05, 0) is 12.3 Å². The molecule has 0 saturated carbocycles. The van der Waals surface area contributed by atoms with Gasteiger partial charge in [0, 0.05) is 5.41 Å². The molecule has 0 fully saturated rings. The van der Waals surface area contributed by atoms with Gasteiger partial charge in [-0.25, -0.2) is 0 Å². The van der Waals surface area contributed by atoms with Gasteiger partial charge in [-0.1, -0.05) is 62.0 Å².